The van der Waals surface area contributed by atoms with E-state index in [0.29, 0.717) is 32.6 Å². The van der Waals surface area contributed by atoms with Gasteiger partial charge in [0.05, 0.1) is 6.04 Å². The van der Waals surface area contributed by atoms with E-state index < -0.39 is 6.04 Å². The van der Waals surface area contributed by atoms with E-state index in [-0.39, 0.29) is 11.8 Å². The fourth-order valence-corrected chi connectivity index (χ4v) is 2.43. The van der Waals surface area contributed by atoms with Crippen LogP contribution in [-0.4, -0.2) is 53.8 Å². The number of amides is 2. The molecule has 0 unspecified atom stereocenters. The highest BCUT2D eigenvalue weighted by Gasteiger charge is 2.25. The Kier molecular flexibility index (Phi) is 4.74. The van der Waals surface area contributed by atoms with Gasteiger partial charge in [-0.05, 0) is 12.0 Å². The van der Waals surface area contributed by atoms with Crippen molar-refractivity contribution >= 4 is 11.8 Å². The maximum Gasteiger partial charge on any atom is 0.239 e. The standard InChI is InChI=1S/C15H21N3O2/c1-12(19)17-7-9-18(10-8-17)15(20)14(16)11-13-5-3-2-4-6-13/h2-6,14H,7-11,16H2,1H3/t14-/m1/s1. The first-order valence-electron chi connectivity index (χ1n) is 6.91. The normalized spacial score (nSPS) is 16.9. The molecule has 0 bridgehead atoms. The van der Waals surface area contributed by atoms with Crippen molar-refractivity contribution in [3.63, 3.8) is 0 Å². The summed E-state index contributed by atoms with van der Waals surface area (Å²) in [6.07, 6.45) is 0.548. The zero-order chi connectivity index (χ0) is 14.5. The number of hydrogen-bond acceptors (Lipinski definition) is 3. The van der Waals surface area contributed by atoms with Crippen LogP contribution >= 0.6 is 0 Å². The van der Waals surface area contributed by atoms with Gasteiger partial charge in [-0.3, -0.25) is 9.59 Å². The summed E-state index contributed by atoms with van der Waals surface area (Å²) < 4.78 is 0. The third kappa shape index (κ3) is 3.57. The van der Waals surface area contributed by atoms with Crippen molar-refractivity contribution in [1.82, 2.24) is 9.80 Å². The number of nitrogens with zero attached hydrogens (tertiary/aromatic N) is 2. The number of hydrogen-bond donors (Lipinski definition) is 1. The third-order valence-electron chi connectivity index (χ3n) is 3.65. The molecule has 2 N–H and O–H groups in total. The van der Waals surface area contributed by atoms with Gasteiger partial charge < -0.3 is 15.5 Å². The molecule has 1 saturated heterocycles. The Morgan fingerprint density at radius 3 is 2.20 bits per heavy atom. The molecular weight excluding hydrogens is 254 g/mol. The molecule has 0 aliphatic carbocycles. The van der Waals surface area contributed by atoms with Gasteiger partial charge in [0.15, 0.2) is 0 Å². The average molecular weight is 275 g/mol. The van der Waals surface area contributed by atoms with Gasteiger partial charge in [0.2, 0.25) is 11.8 Å². The lowest BCUT2D eigenvalue weighted by Crippen LogP contribution is -2.54. The number of carbonyl (C=O) groups is 2. The van der Waals surface area contributed by atoms with Crippen LogP contribution in [0.25, 0.3) is 0 Å². The zero-order valence-electron chi connectivity index (χ0n) is 11.8. The van der Waals surface area contributed by atoms with Crippen LogP contribution in [0.3, 0.4) is 0 Å². The molecular formula is C15H21N3O2. The molecule has 0 spiro atoms. The lowest BCUT2D eigenvalue weighted by atomic mass is 10.1. The van der Waals surface area contributed by atoms with Gasteiger partial charge in [0.25, 0.3) is 0 Å². The van der Waals surface area contributed by atoms with Crippen molar-refractivity contribution < 1.29 is 9.59 Å². The molecule has 0 aromatic heterocycles. The summed E-state index contributed by atoms with van der Waals surface area (Å²) >= 11 is 0. The third-order valence-corrected chi connectivity index (χ3v) is 3.65. The lowest BCUT2D eigenvalue weighted by Gasteiger charge is -2.35. The van der Waals surface area contributed by atoms with Crippen LogP contribution in [0.2, 0.25) is 0 Å². The summed E-state index contributed by atoms with van der Waals surface area (Å²) in [5.41, 5.74) is 7.07. The lowest BCUT2D eigenvalue weighted by molar-refractivity contribution is -0.139. The summed E-state index contributed by atoms with van der Waals surface area (Å²) in [6.45, 7) is 3.89. The van der Waals surface area contributed by atoms with Gasteiger partial charge in [-0.2, -0.15) is 0 Å². The fourth-order valence-electron chi connectivity index (χ4n) is 2.43. The first-order valence-corrected chi connectivity index (χ1v) is 6.91. The first kappa shape index (κ1) is 14.5. The van der Waals surface area contributed by atoms with E-state index in [2.05, 4.69) is 0 Å². The second kappa shape index (κ2) is 6.52. The minimum absolute atomic E-state index is 0.0305. The maximum atomic E-state index is 12.3. The molecule has 1 aliphatic rings. The van der Waals surface area contributed by atoms with Crippen molar-refractivity contribution in [1.29, 1.82) is 0 Å². The second-order valence-corrected chi connectivity index (χ2v) is 5.13. The molecule has 2 rings (SSSR count). The topological polar surface area (TPSA) is 66.6 Å². The quantitative estimate of drug-likeness (QED) is 0.859. The Bertz CT molecular complexity index is 467. The molecule has 1 aliphatic heterocycles. The number of rotatable bonds is 3. The highest BCUT2D eigenvalue weighted by Crippen LogP contribution is 2.07. The van der Waals surface area contributed by atoms with Crippen LogP contribution in [0.15, 0.2) is 30.3 Å². The molecule has 5 heteroatoms. The smallest absolute Gasteiger partial charge is 0.239 e. The summed E-state index contributed by atoms with van der Waals surface area (Å²) in [4.78, 5) is 27.0. The van der Waals surface area contributed by atoms with Crippen molar-refractivity contribution in [2.75, 3.05) is 26.2 Å². The first-order chi connectivity index (χ1) is 9.58. The van der Waals surface area contributed by atoms with Gasteiger partial charge in [0.1, 0.15) is 0 Å². The van der Waals surface area contributed by atoms with E-state index >= 15 is 0 Å². The van der Waals surface area contributed by atoms with Crippen LogP contribution in [0.1, 0.15) is 12.5 Å². The molecule has 20 heavy (non-hydrogen) atoms. The molecule has 5 nitrogen and oxygen atoms in total. The van der Waals surface area contributed by atoms with E-state index in [1.54, 1.807) is 16.7 Å². The van der Waals surface area contributed by atoms with Crippen molar-refractivity contribution in [2.24, 2.45) is 5.73 Å². The Labute approximate surface area is 119 Å². The second-order valence-electron chi connectivity index (χ2n) is 5.13. The summed E-state index contributed by atoms with van der Waals surface area (Å²) in [7, 11) is 0. The zero-order valence-corrected chi connectivity index (χ0v) is 11.8. The fraction of sp³-hybridized carbons (Fsp3) is 0.467. The van der Waals surface area contributed by atoms with E-state index in [0.717, 1.165) is 5.56 Å². The van der Waals surface area contributed by atoms with Crippen LogP contribution in [-0.2, 0) is 16.0 Å². The predicted molar refractivity (Wildman–Crippen MR) is 77.0 cm³/mol. The molecule has 0 radical (unpaired) electrons. The molecule has 1 fully saturated rings. The van der Waals surface area contributed by atoms with Gasteiger partial charge in [0, 0.05) is 33.1 Å². The van der Waals surface area contributed by atoms with E-state index in [9.17, 15) is 9.59 Å². The van der Waals surface area contributed by atoms with Crippen LogP contribution in [0.5, 0.6) is 0 Å². The molecule has 1 atom stereocenters. The maximum absolute atomic E-state index is 12.3. The Morgan fingerprint density at radius 2 is 1.65 bits per heavy atom. The highest BCUT2D eigenvalue weighted by atomic mass is 16.2. The minimum atomic E-state index is -0.513. The van der Waals surface area contributed by atoms with Crippen molar-refractivity contribution in [2.45, 2.75) is 19.4 Å². The van der Waals surface area contributed by atoms with Gasteiger partial charge in [-0.25, -0.2) is 0 Å². The number of nitrogens with two attached hydrogens (primary N) is 1. The van der Waals surface area contributed by atoms with Crippen molar-refractivity contribution in [3.8, 4) is 0 Å². The van der Waals surface area contributed by atoms with E-state index in [4.69, 9.17) is 5.73 Å². The molecule has 1 aromatic carbocycles. The molecule has 108 valence electrons. The summed E-state index contributed by atoms with van der Waals surface area (Å²) in [5.74, 6) is 0.0303. The predicted octanol–water partition coefficient (Wildman–Crippen LogP) is 0.247. The van der Waals surface area contributed by atoms with E-state index in [1.807, 2.05) is 30.3 Å². The van der Waals surface area contributed by atoms with Crippen molar-refractivity contribution in [3.05, 3.63) is 35.9 Å². The Hall–Kier alpha value is -1.88. The van der Waals surface area contributed by atoms with Crippen LogP contribution in [0.4, 0.5) is 0 Å². The molecule has 1 heterocycles. The van der Waals surface area contributed by atoms with Gasteiger partial charge in [-0.15, -0.1) is 0 Å². The van der Waals surface area contributed by atoms with Gasteiger partial charge in [-0.1, -0.05) is 30.3 Å². The van der Waals surface area contributed by atoms with Gasteiger partial charge >= 0.3 is 0 Å². The SMILES string of the molecule is CC(=O)N1CCN(C(=O)[C@H](N)Cc2ccccc2)CC1. The highest BCUT2D eigenvalue weighted by molar-refractivity contribution is 5.82. The monoisotopic (exact) mass is 275 g/mol. The molecule has 0 saturated carbocycles. The van der Waals surface area contributed by atoms with Crippen LogP contribution < -0.4 is 5.73 Å². The average Bonchev–Trinajstić information content (AvgIpc) is 2.47. The van der Waals surface area contributed by atoms with Crippen LogP contribution in [0, 0.1) is 0 Å². The Balaban J connectivity index is 1.87. The summed E-state index contributed by atoms with van der Waals surface area (Å²) in [6, 6.07) is 9.26. The van der Waals surface area contributed by atoms with E-state index in [1.165, 1.54) is 0 Å². The largest absolute Gasteiger partial charge is 0.339 e. The molecule has 2 amide bonds. The summed E-state index contributed by atoms with van der Waals surface area (Å²) in [5, 5.41) is 0. The molecule has 1 aromatic rings. The number of carbonyl (C=O) groups excluding carboxylic acids is 2. The minimum Gasteiger partial charge on any atom is -0.339 e. The number of benzene rings is 1. The number of piperazine rings is 1. The Morgan fingerprint density at radius 1 is 1.10 bits per heavy atom.